The molecule has 0 aliphatic carbocycles. The standard InChI is InChI=1S/C13H19N3O2S3/c1-3-14-7-12-6-13(9-20-12)21(17,18)15-5-4-11-8-19-10(2)16-11/h6,8-9,14-15H,3-5,7H2,1-2H3. The van der Waals surface area contributed by atoms with Crippen LogP contribution in [0.3, 0.4) is 0 Å². The number of thiazole rings is 1. The molecule has 21 heavy (non-hydrogen) atoms. The van der Waals surface area contributed by atoms with Crippen molar-refractivity contribution in [3.63, 3.8) is 0 Å². The van der Waals surface area contributed by atoms with Gasteiger partial charge in [-0.1, -0.05) is 6.92 Å². The zero-order valence-electron chi connectivity index (χ0n) is 12.0. The van der Waals surface area contributed by atoms with Crippen LogP contribution in [0.15, 0.2) is 21.7 Å². The van der Waals surface area contributed by atoms with Crippen molar-refractivity contribution in [1.82, 2.24) is 15.0 Å². The molecule has 0 aliphatic heterocycles. The molecule has 0 amide bonds. The van der Waals surface area contributed by atoms with Gasteiger partial charge in [0, 0.05) is 35.1 Å². The molecule has 0 radical (unpaired) electrons. The van der Waals surface area contributed by atoms with Crippen molar-refractivity contribution < 1.29 is 8.42 Å². The molecule has 0 atom stereocenters. The predicted octanol–water partition coefficient (Wildman–Crippen LogP) is 2.14. The molecule has 0 spiro atoms. The fraction of sp³-hybridized carbons (Fsp3) is 0.462. The summed E-state index contributed by atoms with van der Waals surface area (Å²) in [6.07, 6.45) is 0.609. The molecule has 0 bridgehead atoms. The largest absolute Gasteiger partial charge is 0.312 e. The molecule has 2 heterocycles. The molecule has 5 nitrogen and oxygen atoms in total. The lowest BCUT2D eigenvalue weighted by Gasteiger charge is -2.03. The third-order valence-corrected chi connectivity index (χ3v) is 6.18. The normalized spacial score (nSPS) is 11.9. The summed E-state index contributed by atoms with van der Waals surface area (Å²) in [5, 5.41) is 7.83. The maximum atomic E-state index is 12.2. The van der Waals surface area contributed by atoms with Gasteiger partial charge in [0.1, 0.15) is 0 Å². The van der Waals surface area contributed by atoms with Gasteiger partial charge in [0.2, 0.25) is 10.0 Å². The third kappa shape index (κ3) is 4.86. The van der Waals surface area contributed by atoms with Crippen molar-refractivity contribution >= 4 is 32.7 Å². The van der Waals surface area contributed by atoms with Gasteiger partial charge in [0.15, 0.2) is 0 Å². The number of nitrogens with zero attached hydrogens (tertiary/aromatic N) is 1. The summed E-state index contributed by atoms with van der Waals surface area (Å²) >= 11 is 3.03. The van der Waals surface area contributed by atoms with Crippen LogP contribution in [-0.2, 0) is 23.0 Å². The lowest BCUT2D eigenvalue weighted by atomic mass is 10.3. The van der Waals surface area contributed by atoms with Gasteiger partial charge in [-0.3, -0.25) is 0 Å². The van der Waals surface area contributed by atoms with Crippen LogP contribution >= 0.6 is 22.7 Å². The molecule has 0 unspecified atom stereocenters. The third-order valence-electron chi connectivity index (χ3n) is 2.83. The van der Waals surface area contributed by atoms with Crippen LogP contribution in [0.2, 0.25) is 0 Å². The van der Waals surface area contributed by atoms with Gasteiger partial charge in [-0.2, -0.15) is 0 Å². The highest BCUT2D eigenvalue weighted by Crippen LogP contribution is 2.19. The Morgan fingerprint density at radius 1 is 1.29 bits per heavy atom. The highest BCUT2D eigenvalue weighted by atomic mass is 32.2. The summed E-state index contributed by atoms with van der Waals surface area (Å²) in [6.45, 7) is 5.90. The van der Waals surface area contributed by atoms with Crippen molar-refractivity contribution in [1.29, 1.82) is 0 Å². The van der Waals surface area contributed by atoms with E-state index in [1.165, 1.54) is 11.3 Å². The highest BCUT2D eigenvalue weighted by molar-refractivity contribution is 7.89. The summed E-state index contributed by atoms with van der Waals surface area (Å²) in [7, 11) is -3.42. The molecule has 0 aromatic carbocycles. The molecule has 2 aromatic rings. The predicted molar refractivity (Wildman–Crippen MR) is 87.4 cm³/mol. The first-order valence-corrected chi connectivity index (χ1v) is 9.94. The second-order valence-corrected chi connectivity index (χ2v) is 8.36. The molecule has 0 saturated heterocycles. The summed E-state index contributed by atoms with van der Waals surface area (Å²) in [5.74, 6) is 0. The average Bonchev–Trinajstić information content (AvgIpc) is 3.06. The van der Waals surface area contributed by atoms with Gasteiger partial charge >= 0.3 is 0 Å². The lowest BCUT2D eigenvalue weighted by Crippen LogP contribution is -2.25. The number of aromatic nitrogens is 1. The first-order valence-electron chi connectivity index (χ1n) is 6.70. The Morgan fingerprint density at radius 2 is 2.10 bits per heavy atom. The van der Waals surface area contributed by atoms with E-state index in [1.54, 1.807) is 22.8 Å². The quantitative estimate of drug-likeness (QED) is 0.769. The van der Waals surface area contributed by atoms with Crippen LogP contribution in [0.5, 0.6) is 0 Å². The van der Waals surface area contributed by atoms with Crippen LogP contribution in [0.4, 0.5) is 0 Å². The molecule has 116 valence electrons. The zero-order valence-corrected chi connectivity index (χ0v) is 14.5. The Kier molecular flexibility index (Phi) is 5.88. The van der Waals surface area contributed by atoms with Crippen molar-refractivity contribution in [2.45, 2.75) is 31.7 Å². The summed E-state index contributed by atoms with van der Waals surface area (Å²) in [5.41, 5.74) is 0.929. The van der Waals surface area contributed by atoms with E-state index in [0.717, 1.165) is 22.1 Å². The van der Waals surface area contributed by atoms with Gasteiger partial charge in [-0.25, -0.2) is 18.1 Å². The summed E-state index contributed by atoms with van der Waals surface area (Å²) in [6, 6.07) is 1.72. The van der Waals surface area contributed by atoms with Gasteiger partial charge in [0.05, 0.1) is 15.6 Å². The minimum absolute atomic E-state index is 0.342. The Balaban J connectivity index is 1.90. The second-order valence-electron chi connectivity index (χ2n) is 4.53. The molecular formula is C13H19N3O2S3. The number of hydrogen-bond donors (Lipinski definition) is 2. The van der Waals surface area contributed by atoms with Crippen LogP contribution in [0.1, 0.15) is 22.5 Å². The van der Waals surface area contributed by atoms with E-state index >= 15 is 0 Å². The molecule has 0 aliphatic rings. The van der Waals surface area contributed by atoms with Gasteiger partial charge in [0.25, 0.3) is 0 Å². The topological polar surface area (TPSA) is 71.1 Å². The van der Waals surface area contributed by atoms with Crippen molar-refractivity contribution in [2.24, 2.45) is 0 Å². The number of rotatable bonds is 8. The molecule has 2 rings (SSSR count). The number of aryl methyl sites for hydroxylation is 1. The van der Waals surface area contributed by atoms with E-state index in [4.69, 9.17) is 0 Å². The van der Waals surface area contributed by atoms with Crippen molar-refractivity contribution in [3.8, 4) is 0 Å². The molecular weight excluding hydrogens is 326 g/mol. The summed E-state index contributed by atoms with van der Waals surface area (Å²) < 4.78 is 27.0. The second kappa shape index (κ2) is 7.46. The maximum Gasteiger partial charge on any atom is 0.241 e. The first-order chi connectivity index (χ1) is 10.0. The van der Waals surface area contributed by atoms with Crippen LogP contribution in [0.25, 0.3) is 0 Å². The van der Waals surface area contributed by atoms with Crippen LogP contribution in [0, 0.1) is 6.92 Å². The van der Waals surface area contributed by atoms with Crippen LogP contribution in [-0.4, -0.2) is 26.5 Å². The first kappa shape index (κ1) is 16.6. The Bertz CT molecular complexity index is 676. The van der Waals surface area contributed by atoms with E-state index in [2.05, 4.69) is 15.0 Å². The van der Waals surface area contributed by atoms with Gasteiger partial charge in [-0.15, -0.1) is 22.7 Å². The van der Waals surface area contributed by atoms with E-state index in [-0.39, 0.29) is 0 Å². The number of thiophene rings is 1. The van der Waals surface area contributed by atoms with Crippen molar-refractivity contribution in [2.75, 3.05) is 13.1 Å². The van der Waals surface area contributed by atoms with Crippen LogP contribution < -0.4 is 10.0 Å². The zero-order chi connectivity index (χ0) is 15.3. The Morgan fingerprint density at radius 3 is 2.76 bits per heavy atom. The van der Waals surface area contributed by atoms with E-state index in [1.807, 2.05) is 19.2 Å². The molecule has 0 saturated carbocycles. The average molecular weight is 346 g/mol. The van der Waals surface area contributed by atoms with Gasteiger partial charge < -0.3 is 5.32 Å². The minimum Gasteiger partial charge on any atom is -0.312 e. The van der Waals surface area contributed by atoms with Gasteiger partial charge in [-0.05, 0) is 19.5 Å². The number of nitrogens with one attached hydrogen (secondary N) is 2. The molecule has 0 fully saturated rings. The maximum absolute atomic E-state index is 12.2. The van der Waals surface area contributed by atoms with E-state index in [0.29, 0.717) is 24.4 Å². The molecule has 2 N–H and O–H groups in total. The Labute approximate surface area is 133 Å². The fourth-order valence-corrected chi connectivity index (χ4v) is 4.69. The SMILES string of the molecule is CCNCc1cc(S(=O)(=O)NCCc2csc(C)n2)cs1. The fourth-order valence-electron chi connectivity index (χ4n) is 1.76. The smallest absolute Gasteiger partial charge is 0.241 e. The molecule has 2 aromatic heterocycles. The number of sulfonamides is 1. The summed E-state index contributed by atoms with van der Waals surface area (Å²) in [4.78, 5) is 5.68. The number of hydrogen-bond acceptors (Lipinski definition) is 6. The Hall–Kier alpha value is -0.800. The van der Waals surface area contributed by atoms with E-state index in [9.17, 15) is 8.42 Å². The lowest BCUT2D eigenvalue weighted by molar-refractivity contribution is 0.581. The van der Waals surface area contributed by atoms with E-state index < -0.39 is 10.0 Å². The van der Waals surface area contributed by atoms with Crippen molar-refractivity contribution in [3.05, 3.63) is 32.4 Å². The molecule has 8 heteroatoms. The minimum atomic E-state index is -3.42. The monoisotopic (exact) mass is 345 g/mol. The highest BCUT2D eigenvalue weighted by Gasteiger charge is 2.15.